The fourth-order valence-corrected chi connectivity index (χ4v) is 2.91. The van der Waals surface area contributed by atoms with Crippen molar-refractivity contribution in [1.82, 2.24) is 10.6 Å². The van der Waals surface area contributed by atoms with Gasteiger partial charge < -0.3 is 24.4 Å². The highest BCUT2D eigenvalue weighted by Gasteiger charge is 2.37. The Morgan fingerprint density at radius 1 is 1.21 bits per heavy atom. The summed E-state index contributed by atoms with van der Waals surface area (Å²) in [6.45, 7) is 2.37. The van der Waals surface area contributed by atoms with Gasteiger partial charge >= 0.3 is 12.0 Å². The van der Waals surface area contributed by atoms with E-state index < -0.39 is 29.9 Å². The quantitative estimate of drug-likeness (QED) is 0.703. The number of amides is 4. The van der Waals surface area contributed by atoms with Crippen molar-refractivity contribution in [2.75, 3.05) is 31.7 Å². The van der Waals surface area contributed by atoms with Gasteiger partial charge in [-0.15, -0.1) is 0 Å². The van der Waals surface area contributed by atoms with Crippen LogP contribution in [0, 0.1) is 5.92 Å². The van der Waals surface area contributed by atoms with Gasteiger partial charge in [-0.1, -0.05) is 0 Å². The average molecular weight is 391 g/mol. The van der Waals surface area contributed by atoms with Gasteiger partial charge in [0.25, 0.3) is 5.91 Å². The van der Waals surface area contributed by atoms with Crippen LogP contribution in [-0.2, 0) is 19.1 Å². The number of fused-ring (bicyclic) bond motifs is 1. The molecule has 0 bridgehead atoms. The van der Waals surface area contributed by atoms with E-state index in [1.54, 1.807) is 18.2 Å². The number of ether oxygens (including phenoxy) is 3. The summed E-state index contributed by atoms with van der Waals surface area (Å²) in [5.41, 5.74) is 0.593. The van der Waals surface area contributed by atoms with E-state index in [-0.39, 0.29) is 18.9 Å². The first kappa shape index (κ1) is 19.5. The normalized spacial score (nSPS) is 19.0. The molecule has 150 valence electrons. The van der Waals surface area contributed by atoms with Crippen molar-refractivity contribution in [3.8, 4) is 11.5 Å². The van der Waals surface area contributed by atoms with Crippen molar-refractivity contribution in [1.29, 1.82) is 0 Å². The molecule has 2 atom stereocenters. The number of hydrogen-bond acceptors (Lipinski definition) is 7. The van der Waals surface area contributed by atoms with Crippen LogP contribution in [0.15, 0.2) is 18.2 Å². The van der Waals surface area contributed by atoms with Crippen molar-refractivity contribution in [3.63, 3.8) is 0 Å². The molecule has 1 saturated heterocycles. The topological polar surface area (TPSA) is 123 Å². The monoisotopic (exact) mass is 391 g/mol. The van der Waals surface area contributed by atoms with E-state index in [0.717, 1.165) is 0 Å². The van der Waals surface area contributed by atoms with Crippen LogP contribution in [0.4, 0.5) is 10.5 Å². The number of anilines is 1. The third-order valence-corrected chi connectivity index (χ3v) is 4.42. The fraction of sp³-hybridized carbons (Fsp3) is 0.444. The molecule has 0 radical (unpaired) electrons. The minimum atomic E-state index is -1.16. The second-order valence-electron chi connectivity index (χ2n) is 6.38. The second kappa shape index (κ2) is 8.15. The number of imide groups is 1. The van der Waals surface area contributed by atoms with Gasteiger partial charge in [-0.25, -0.2) is 4.79 Å². The van der Waals surface area contributed by atoms with E-state index in [1.807, 2.05) is 5.32 Å². The first-order valence-corrected chi connectivity index (χ1v) is 8.82. The highest BCUT2D eigenvalue weighted by atomic mass is 16.6. The molecule has 0 aromatic heterocycles. The van der Waals surface area contributed by atoms with Crippen molar-refractivity contribution in [2.24, 2.45) is 5.92 Å². The van der Waals surface area contributed by atoms with Gasteiger partial charge in [0.2, 0.25) is 5.91 Å². The number of rotatable bonds is 4. The summed E-state index contributed by atoms with van der Waals surface area (Å²) in [6, 6.07) is 4.43. The number of nitrogens with zero attached hydrogens (tertiary/aromatic N) is 1. The number of urea groups is 1. The molecule has 3 rings (SSSR count). The van der Waals surface area contributed by atoms with Crippen LogP contribution in [0.25, 0.3) is 0 Å². The maximum atomic E-state index is 12.4. The summed E-state index contributed by atoms with van der Waals surface area (Å²) in [4.78, 5) is 49.1. The number of carbonyl (C=O) groups excluding carboxylic acids is 4. The summed E-state index contributed by atoms with van der Waals surface area (Å²) < 4.78 is 16.1. The average Bonchev–Trinajstić information content (AvgIpc) is 3.09. The minimum Gasteiger partial charge on any atom is -0.486 e. The van der Waals surface area contributed by atoms with E-state index in [0.29, 0.717) is 30.4 Å². The molecule has 1 aromatic carbocycles. The number of carbonyl (C=O) groups is 4. The molecule has 0 spiro atoms. The lowest BCUT2D eigenvalue weighted by Gasteiger charge is -2.22. The Labute approximate surface area is 161 Å². The van der Waals surface area contributed by atoms with Crippen molar-refractivity contribution in [2.45, 2.75) is 19.4 Å². The highest BCUT2D eigenvalue weighted by Crippen LogP contribution is 2.36. The van der Waals surface area contributed by atoms with Crippen LogP contribution in [-0.4, -0.2) is 56.7 Å². The number of benzene rings is 1. The summed E-state index contributed by atoms with van der Waals surface area (Å²) in [5.74, 6) is -1.22. The maximum absolute atomic E-state index is 12.4. The molecule has 4 amide bonds. The number of esters is 1. The number of hydrogen-bond donors (Lipinski definition) is 2. The Morgan fingerprint density at radius 2 is 1.93 bits per heavy atom. The molecular weight excluding hydrogens is 370 g/mol. The lowest BCUT2D eigenvalue weighted by atomic mass is 10.1. The van der Waals surface area contributed by atoms with Gasteiger partial charge in [0.05, 0.1) is 5.92 Å². The van der Waals surface area contributed by atoms with Gasteiger partial charge in [0.15, 0.2) is 17.6 Å². The van der Waals surface area contributed by atoms with Crippen molar-refractivity contribution in [3.05, 3.63) is 18.2 Å². The Kier molecular flexibility index (Phi) is 5.67. The predicted octanol–water partition coefficient (Wildman–Crippen LogP) is 0.198. The van der Waals surface area contributed by atoms with E-state index in [9.17, 15) is 19.2 Å². The third kappa shape index (κ3) is 4.16. The van der Waals surface area contributed by atoms with Crippen molar-refractivity contribution >= 4 is 29.5 Å². The Morgan fingerprint density at radius 3 is 2.64 bits per heavy atom. The molecule has 10 heteroatoms. The second-order valence-corrected chi connectivity index (χ2v) is 6.38. The summed E-state index contributed by atoms with van der Waals surface area (Å²) in [7, 11) is 1.36. The van der Waals surface area contributed by atoms with Gasteiger partial charge in [-0.05, 0) is 19.1 Å². The Hall–Kier alpha value is -3.30. The summed E-state index contributed by atoms with van der Waals surface area (Å²) >= 11 is 0. The number of nitrogens with one attached hydrogen (secondary N) is 2. The predicted molar refractivity (Wildman–Crippen MR) is 96.0 cm³/mol. The van der Waals surface area contributed by atoms with Gasteiger partial charge in [-0.3, -0.25) is 19.7 Å². The molecule has 1 fully saturated rings. The SMILES string of the molecule is CNC(=O)NC(=O)[C@H](C)OC(=O)[C@@H]1CC(=O)N(c2ccc3c(c2)OCCO3)C1. The first-order valence-electron chi connectivity index (χ1n) is 8.82. The molecular formula is C18H21N3O7. The lowest BCUT2D eigenvalue weighted by molar-refractivity contribution is -0.158. The van der Waals surface area contributed by atoms with Crippen LogP contribution >= 0.6 is 0 Å². The zero-order valence-electron chi connectivity index (χ0n) is 15.5. The van der Waals surface area contributed by atoms with Gasteiger partial charge in [-0.2, -0.15) is 0 Å². The molecule has 1 aromatic rings. The zero-order chi connectivity index (χ0) is 20.3. The molecule has 2 aliphatic heterocycles. The minimum absolute atomic E-state index is 0.0307. The molecule has 0 saturated carbocycles. The molecule has 2 heterocycles. The van der Waals surface area contributed by atoms with Crippen LogP contribution in [0.3, 0.4) is 0 Å². The van der Waals surface area contributed by atoms with E-state index >= 15 is 0 Å². The Bertz CT molecular complexity index is 810. The summed E-state index contributed by atoms with van der Waals surface area (Å²) in [6.07, 6.45) is -1.19. The standard InChI is InChI=1S/C18H21N3O7/c1-10(16(23)20-18(25)19-2)28-17(24)11-7-15(22)21(9-11)12-3-4-13-14(8-12)27-6-5-26-13/h3-4,8,10-11H,5-7,9H2,1-2H3,(H2,19,20,23,25)/t10-,11+/m0/s1. The Balaban J connectivity index is 1.61. The molecule has 2 aliphatic rings. The molecule has 0 unspecified atom stereocenters. The van der Waals surface area contributed by atoms with E-state index in [1.165, 1.54) is 18.9 Å². The largest absolute Gasteiger partial charge is 0.486 e. The van der Waals surface area contributed by atoms with E-state index in [2.05, 4.69) is 5.32 Å². The maximum Gasteiger partial charge on any atom is 0.321 e. The van der Waals surface area contributed by atoms with Crippen LogP contribution in [0.5, 0.6) is 11.5 Å². The van der Waals surface area contributed by atoms with Crippen LogP contribution in [0.1, 0.15) is 13.3 Å². The fourth-order valence-electron chi connectivity index (χ4n) is 2.91. The van der Waals surface area contributed by atoms with Gasteiger partial charge in [0.1, 0.15) is 13.2 Å². The van der Waals surface area contributed by atoms with Crippen LogP contribution in [0.2, 0.25) is 0 Å². The summed E-state index contributed by atoms with van der Waals surface area (Å²) in [5, 5.41) is 4.26. The molecule has 2 N–H and O–H groups in total. The molecule has 10 nitrogen and oxygen atoms in total. The first-order chi connectivity index (χ1) is 13.4. The van der Waals surface area contributed by atoms with Crippen molar-refractivity contribution < 1.29 is 33.4 Å². The third-order valence-electron chi connectivity index (χ3n) is 4.42. The van der Waals surface area contributed by atoms with E-state index in [4.69, 9.17) is 14.2 Å². The van der Waals surface area contributed by atoms with Crippen LogP contribution < -0.4 is 25.0 Å². The smallest absolute Gasteiger partial charge is 0.321 e. The van der Waals surface area contributed by atoms with Gasteiger partial charge in [0, 0.05) is 31.8 Å². The highest BCUT2D eigenvalue weighted by molar-refractivity contribution is 6.00. The molecule has 0 aliphatic carbocycles. The lowest BCUT2D eigenvalue weighted by Crippen LogP contribution is -2.44. The zero-order valence-corrected chi connectivity index (χ0v) is 15.5. The molecule has 28 heavy (non-hydrogen) atoms.